The number of rotatable bonds is 3. The molecule has 0 saturated carbocycles. The number of allylic oxidation sites excluding steroid dienone is 4. The Bertz CT molecular complexity index is 335. The second-order valence-corrected chi connectivity index (χ2v) is 6.00. The summed E-state index contributed by atoms with van der Waals surface area (Å²) in [5, 5.41) is 0. The minimum absolute atomic E-state index is 0.222. The fourth-order valence-corrected chi connectivity index (χ4v) is 2.50. The van der Waals surface area contributed by atoms with Crippen LogP contribution in [0.25, 0.3) is 0 Å². The van der Waals surface area contributed by atoms with E-state index in [1.807, 2.05) is 13.8 Å². The van der Waals surface area contributed by atoms with Crippen LogP contribution in [0.4, 0.5) is 13.2 Å². The van der Waals surface area contributed by atoms with Crippen LogP contribution in [0.3, 0.4) is 0 Å². The Balaban J connectivity index is 2.81. The third kappa shape index (κ3) is 3.74. The Morgan fingerprint density at radius 1 is 1.38 bits per heavy atom. The maximum absolute atomic E-state index is 12.5. The van der Waals surface area contributed by atoms with Gasteiger partial charge >= 0.3 is 6.18 Å². The molecule has 4 heteroatoms. The van der Waals surface area contributed by atoms with Gasteiger partial charge in [0.2, 0.25) is 0 Å². The van der Waals surface area contributed by atoms with Crippen LogP contribution in [-0.4, -0.2) is 10.9 Å². The number of halogens is 3. The van der Waals surface area contributed by atoms with E-state index in [4.69, 9.17) is 0 Å². The molecule has 1 aliphatic rings. The Labute approximate surface area is 98.3 Å². The lowest BCUT2D eigenvalue weighted by Gasteiger charge is -2.23. The Morgan fingerprint density at radius 2 is 2.00 bits per heavy atom. The molecule has 16 heavy (non-hydrogen) atoms. The predicted octanol–water partition coefficient (Wildman–Crippen LogP) is 4.85. The maximum atomic E-state index is 12.5. The van der Waals surface area contributed by atoms with Crippen LogP contribution in [0, 0.1) is 0 Å². The van der Waals surface area contributed by atoms with Crippen molar-refractivity contribution in [2.24, 2.45) is 0 Å². The zero-order valence-electron chi connectivity index (χ0n) is 9.40. The molecule has 0 aromatic rings. The first kappa shape index (κ1) is 13.4. The van der Waals surface area contributed by atoms with Crippen LogP contribution in [0.2, 0.25) is 0 Å². The molecule has 0 fully saturated rings. The largest absolute Gasteiger partial charge is 0.416 e. The summed E-state index contributed by atoms with van der Waals surface area (Å²) in [5.41, 5.74) is -0.527. The van der Waals surface area contributed by atoms with Crippen LogP contribution >= 0.6 is 11.8 Å². The molecule has 0 amide bonds. The van der Waals surface area contributed by atoms with Gasteiger partial charge in [0.05, 0.1) is 5.57 Å². The van der Waals surface area contributed by atoms with Crippen LogP contribution in [0.1, 0.15) is 26.7 Å². The fourth-order valence-electron chi connectivity index (χ4n) is 1.33. The van der Waals surface area contributed by atoms with E-state index in [9.17, 15) is 13.2 Å². The Morgan fingerprint density at radius 3 is 2.50 bits per heavy atom. The number of alkyl halides is 3. The van der Waals surface area contributed by atoms with E-state index in [1.54, 1.807) is 6.08 Å². The molecular formula is C12H15F3S. The van der Waals surface area contributed by atoms with Crippen LogP contribution in [0.15, 0.2) is 35.3 Å². The molecule has 1 rings (SSSR count). The Kier molecular flexibility index (Phi) is 3.94. The molecule has 0 aromatic heterocycles. The number of hydrogen-bond acceptors (Lipinski definition) is 1. The van der Waals surface area contributed by atoms with E-state index < -0.39 is 11.7 Å². The van der Waals surface area contributed by atoms with Gasteiger partial charge in [0.1, 0.15) is 0 Å². The molecule has 90 valence electrons. The topological polar surface area (TPSA) is 0 Å². The first-order valence-electron chi connectivity index (χ1n) is 5.05. The summed E-state index contributed by atoms with van der Waals surface area (Å²) in [6.45, 7) is 7.56. The van der Waals surface area contributed by atoms with Gasteiger partial charge in [-0.05, 0) is 37.7 Å². The highest BCUT2D eigenvalue weighted by Gasteiger charge is 2.33. The third-order valence-electron chi connectivity index (χ3n) is 2.28. The van der Waals surface area contributed by atoms with Crippen LogP contribution in [-0.2, 0) is 0 Å². The van der Waals surface area contributed by atoms with Gasteiger partial charge in [-0.3, -0.25) is 0 Å². The van der Waals surface area contributed by atoms with Crippen molar-refractivity contribution in [1.29, 1.82) is 0 Å². The van der Waals surface area contributed by atoms with Crippen molar-refractivity contribution in [3.05, 3.63) is 35.3 Å². The van der Waals surface area contributed by atoms with E-state index in [1.165, 1.54) is 23.9 Å². The van der Waals surface area contributed by atoms with Crippen molar-refractivity contribution in [1.82, 2.24) is 0 Å². The molecule has 0 aliphatic heterocycles. The van der Waals surface area contributed by atoms with Gasteiger partial charge < -0.3 is 0 Å². The molecule has 0 nitrogen and oxygen atoms in total. The van der Waals surface area contributed by atoms with Gasteiger partial charge in [0.25, 0.3) is 0 Å². The highest BCUT2D eigenvalue weighted by atomic mass is 32.2. The Hall–Kier alpha value is -0.640. The molecule has 0 aromatic carbocycles. The lowest BCUT2D eigenvalue weighted by atomic mass is 10.1. The molecule has 0 spiro atoms. The highest BCUT2D eigenvalue weighted by Crippen LogP contribution is 2.40. The first-order valence-corrected chi connectivity index (χ1v) is 5.87. The molecule has 0 heterocycles. The molecule has 0 atom stereocenters. The summed E-state index contributed by atoms with van der Waals surface area (Å²) < 4.78 is 37.2. The molecule has 0 radical (unpaired) electrons. The van der Waals surface area contributed by atoms with Crippen LogP contribution in [0.5, 0.6) is 0 Å². The second kappa shape index (κ2) is 4.70. The van der Waals surface area contributed by atoms with Crippen LogP contribution < -0.4 is 0 Å². The minimum Gasteiger partial charge on any atom is -0.166 e. The third-order valence-corrected chi connectivity index (χ3v) is 3.56. The monoisotopic (exact) mass is 248 g/mol. The summed E-state index contributed by atoms with van der Waals surface area (Å²) in [5.74, 6) is 0. The smallest absolute Gasteiger partial charge is 0.166 e. The van der Waals surface area contributed by atoms with Gasteiger partial charge in [-0.2, -0.15) is 13.2 Å². The van der Waals surface area contributed by atoms with Crippen molar-refractivity contribution >= 4 is 11.8 Å². The van der Waals surface area contributed by atoms with Gasteiger partial charge in [-0.1, -0.05) is 12.2 Å². The van der Waals surface area contributed by atoms with E-state index in [0.29, 0.717) is 12.8 Å². The zero-order valence-corrected chi connectivity index (χ0v) is 10.2. The lowest BCUT2D eigenvalue weighted by molar-refractivity contribution is -0.0886. The average Bonchev–Trinajstić information content (AvgIpc) is 2.16. The lowest BCUT2D eigenvalue weighted by Crippen LogP contribution is -2.14. The molecule has 0 bridgehead atoms. The van der Waals surface area contributed by atoms with Crippen molar-refractivity contribution in [2.45, 2.75) is 37.6 Å². The molecule has 0 N–H and O–H groups in total. The minimum atomic E-state index is -4.23. The fraction of sp³-hybridized carbons (Fsp3) is 0.500. The summed E-state index contributed by atoms with van der Waals surface area (Å²) in [7, 11) is 0. The van der Waals surface area contributed by atoms with Gasteiger partial charge in [0.15, 0.2) is 0 Å². The SMILES string of the molecule is C=CC(C)(C)SC1=CC(C(F)(F)F)=CCC1. The summed E-state index contributed by atoms with van der Waals surface area (Å²) in [4.78, 5) is 0.778. The normalized spacial score (nSPS) is 17.8. The summed E-state index contributed by atoms with van der Waals surface area (Å²) in [6.07, 6.45) is 1.17. The standard InChI is InChI=1S/C12H15F3S/c1-4-11(2,3)16-10-7-5-6-9(8-10)12(13,14)15/h4,6,8H,1,5,7H2,2-3H3. The predicted molar refractivity (Wildman–Crippen MR) is 63.3 cm³/mol. The van der Waals surface area contributed by atoms with Gasteiger partial charge in [0, 0.05) is 4.75 Å². The van der Waals surface area contributed by atoms with Gasteiger partial charge in [-0.25, -0.2) is 0 Å². The van der Waals surface area contributed by atoms with Crippen molar-refractivity contribution in [3.8, 4) is 0 Å². The maximum Gasteiger partial charge on any atom is 0.416 e. The average molecular weight is 248 g/mol. The summed E-state index contributed by atoms with van der Waals surface area (Å²) >= 11 is 1.44. The highest BCUT2D eigenvalue weighted by molar-refractivity contribution is 8.04. The van der Waals surface area contributed by atoms with E-state index in [-0.39, 0.29) is 4.75 Å². The second-order valence-electron chi connectivity index (χ2n) is 4.22. The number of thioether (sulfide) groups is 1. The molecule has 1 aliphatic carbocycles. The molecular weight excluding hydrogens is 233 g/mol. The van der Waals surface area contributed by atoms with E-state index in [2.05, 4.69) is 6.58 Å². The number of hydrogen-bond donors (Lipinski definition) is 0. The van der Waals surface area contributed by atoms with Crippen molar-refractivity contribution in [3.63, 3.8) is 0 Å². The first-order chi connectivity index (χ1) is 7.24. The van der Waals surface area contributed by atoms with E-state index >= 15 is 0 Å². The van der Waals surface area contributed by atoms with Crippen molar-refractivity contribution in [2.75, 3.05) is 0 Å². The summed E-state index contributed by atoms with van der Waals surface area (Å²) in [6, 6.07) is 0. The van der Waals surface area contributed by atoms with E-state index in [0.717, 1.165) is 4.91 Å². The molecule has 0 saturated heterocycles. The quantitative estimate of drug-likeness (QED) is 0.643. The van der Waals surface area contributed by atoms with Crippen molar-refractivity contribution < 1.29 is 13.2 Å². The molecule has 0 unspecified atom stereocenters. The van der Waals surface area contributed by atoms with Gasteiger partial charge in [-0.15, -0.1) is 18.3 Å². The zero-order chi connectivity index (χ0) is 12.4.